The van der Waals surface area contributed by atoms with E-state index in [1.807, 2.05) is 18.2 Å². The number of hydrogen-bond acceptors (Lipinski definition) is 5. The minimum atomic E-state index is -0.316. The van der Waals surface area contributed by atoms with Crippen LogP contribution in [0.25, 0.3) is 11.4 Å². The van der Waals surface area contributed by atoms with Crippen LogP contribution in [0.15, 0.2) is 40.9 Å². The van der Waals surface area contributed by atoms with Crippen LogP contribution >= 0.6 is 11.6 Å². The Hall–Kier alpha value is -2.93. The molecule has 1 unspecified atom stereocenters. The molecular formula is C24H26ClFN4O2. The Bertz CT molecular complexity index is 1120. The summed E-state index contributed by atoms with van der Waals surface area (Å²) < 4.78 is 19.0. The second kappa shape index (κ2) is 9.69. The highest BCUT2D eigenvalue weighted by atomic mass is 35.5. The molecule has 32 heavy (non-hydrogen) atoms. The lowest BCUT2D eigenvalue weighted by Gasteiger charge is -2.21. The minimum absolute atomic E-state index is 0.0523. The summed E-state index contributed by atoms with van der Waals surface area (Å²) in [7, 11) is 0. The molecule has 0 aliphatic carbocycles. The number of halogens is 2. The highest BCUT2D eigenvalue weighted by Gasteiger charge is 2.24. The van der Waals surface area contributed by atoms with Crippen LogP contribution in [0.4, 0.5) is 10.1 Å². The molecule has 0 radical (unpaired) electrons. The average molecular weight is 457 g/mol. The Balaban J connectivity index is 1.23. The SMILES string of the molecule is Cc1ccc(-c2noc(CCC(=O)NCC3CCN(c4cc(Cl)ccc4C)C3)n2)cc1F. The van der Waals surface area contributed by atoms with E-state index in [1.165, 1.54) is 11.6 Å². The zero-order valence-corrected chi connectivity index (χ0v) is 19.0. The van der Waals surface area contributed by atoms with Gasteiger partial charge in [0.2, 0.25) is 17.6 Å². The van der Waals surface area contributed by atoms with Crippen molar-refractivity contribution in [1.29, 1.82) is 0 Å². The summed E-state index contributed by atoms with van der Waals surface area (Å²) in [5.41, 5.74) is 3.47. The molecular weight excluding hydrogens is 431 g/mol. The maximum atomic E-state index is 13.7. The van der Waals surface area contributed by atoms with Gasteiger partial charge in [-0.3, -0.25) is 4.79 Å². The van der Waals surface area contributed by atoms with Gasteiger partial charge in [-0.05, 0) is 55.5 Å². The number of amides is 1. The average Bonchev–Trinajstić information content (AvgIpc) is 3.44. The lowest BCUT2D eigenvalue weighted by molar-refractivity contribution is -0.121. The van der Waals surface area contributed by atoms with Crippen molar-refractivity contribution in [2.24, 2.45) is 5.92 Å². The summed E-state index contributed by atoms with van der Waals surface area (Å²) in [6.45, 7) is 6.25. The topological polar surface area (TPSA) is 71.3 Å². The van der Waals surface area contributed by atoms with Crippen molar-refractivity contribution in [3.05, 3.63) is 64.3 Å². The van der Waals surface area contributed by atoms with Gasteiger partial charge < -0.3 is 14.7 Å². The van der Waals surface area contributed by atoms with Crippen molar-refractivity contribution in [2.75, 3.05) is 24.5 Å². The lowest BCUT2D eigenvalue weighted by atomic mass is 10.1. The highest BCUT2D eigenvalue weighted by molar-refractivity contribution is 6.30. The molecule has 8 heteroatoms. The van der Waals surface area contributed by atoms with E-state index in [0.29, 0.717) is 41.7 Å². The first-order valence-electron chi connectivity index (χ1n) is 10.8. The predicted octanol–water partition coefficient (Wildman–Crippen LogP) is 4.72. The van der Waals surface area contributed by atoms with Crippen LogP contribution in [0.5, 0.6) is 0 Å². The number of rotatable bonds is 7. The summed E-state index contributed by atoms with van der Waals surface area (Å²) in [5.74, 6) is 0.706. The van der Waals surface area contributed by atoms with Crippen LogP contribution < -0.4 is 10.2 Å². The second-order valence-corrected chi connectivity index (χ2v) is 8.75. The fraction of sp³-hybridized carbons (Fsp3) is 0.375. The third kappa shape index (κ3) is 5.27. The maximum Gasteiger partial charge on any atom is 0.227 e. The van der Waals surface area contributed by atoms with Gasteiger partial charge in [0.15, 0.2) is 0 Å². The van der Waals surface area contributed by atoms with E-state index in [9.17, 15) is 9.18 Å². The molecule has 1 atom stereocenters. The van der Waals surface area contributed by atoms with Crippen molar-refractivity contribution in [1.82, 2.24) is 15.5 Å². The summed E-state index contributed by atoms with van der Waals surface area (Å²) in [5, 5.41) is 7.64. The smallest absolute Gasteiger partial charge is 0.227 e. The van der Waals surface area contributed by atoms with E-state index in [2.05, 4.69) is 27.3 Å². The van der Waals surface area contributed by atoms with Gasteiger partial charge in [-0.2, -0.15) is 4.98 Å². The first-order valence-corrected chi connectivity index (χ1v) is 11.1. The molecule has 3 aromatic rings. The van der Waals surface area contributed by atoms with Gasteiger partial charge in [-0.25, -0.2) is 4.39 Å². The lowest BCUT2D eigenvalue weighted by Crippen LogP contribution is -2.31. The molecule has 1 N–H and O–H groups in total. The quantitative estimate of drug-likeness (QED) is 0.557. The van der Waals surface area contributed by atoms with Crippen molar-refractivity contribution in [3.8, 4) is 11.4 Å². The molecule has 0 spiro atoms. The molecule has 0 saturated carbocycles. The zero-order chi connectivity index (χ0) is 22.7. The van der Waals surface area contributed by atoms with E-state index in [-0.39, 0.29) is 18.1 Å². The van der Waals surface area contributed by atoms with Crippen molar-refractivity contribution < 1.29 is 13.7 Å². The fourth-order valence-corrected chi connectivity index (χ4v) is 4.08. The second-order valence-electron chi connectivity index (χ2n) is 8.31. The number of carbonyl (C=O) groups excluding carboxylic acids is 1. The maximum absolute atomic E-state index is 13.7. The van der Waals surface area contributed by atoms with Crippen LogP contribution in [0.2, 0.25) is 5.02 Å². The number of nitrogens with one attached hydrogen (secondary N) is 1. The Labute approximate surface area is 191 Å². The molecule has 1 aromatic heterocycles. The van der Waals surface area contributed by atoms with Gasteiger partial charge >= 0.3 is 0 Å². The number of anilines is 1. The van der Waals surface area contributed by atoms with Gasteiger partial charge in [0.1, 0.15) is 5.82 Å². The first kappa shape index (κ1) is 22.3. The monoisotopic (exact) mass is 456 g/mol. The summed E-state index contributed by atoms with van der Waals surface area (Å²) in [6.07, 6.45) is 1.62. The zero-order valence-electron chi connectivity index (χ0n) is 18.2. The molecule has 1 aliphatic rings. The van der Waals surface area contributed by atoms with Crippen LogP contribution in [-0.4, -0.2) is 35.7 Å². The van der Waals surface area contributed by atoms with Crippen LogP contribution in [0, 0.1) is 25.6 Å². The number of aromatic nitrogens is 2. The van der Waals surface area contributed by atoms with E-state index >= 15 is 0 Å². The molecule has 1 saturated heterocycles. The molecule has 6 nitrogen and oxygen atoms in total. The van der Waals surface area contributed by atoms with Crippen molar-refractivity contribution in [2.45, 2.75) is 33.1 Å². The Morgan fingerprint density at radius 1 is 1.25 bits per heavy atom. The molecule has 1 fully saturated rings. The molecule has 2 aromatic carbocycles. The fourth-order valence-electron chi connectivity index (χ4n) is 3.91. The number of benzene rings is 2. The van der Waals surface area contributed by atoms with Crippen LogP contribution in [0.1, 0.15) is 29.9 Å². The number of aryl methyl sites for hydroxylation is 3. The van der Waals surface area contributed by atoms with Crippen LogP contribution in [0.3, 0.4) is 0 Å². The van der Waals surface area contributed by atoms with Gasteiger partial charge in [-0.15, -0.1) is 0 Å². The third-order valence-electron chi connectivity index (χ3n) is 5.85. The molecule has 2 heterocycles. The standard InChI is InChI=1S/C24H26ClFN4O2/c1-15-3-5-18(11-20(15)26)24-28-23(32-29-24)8-7-22(31)27-13-17-9-10-30(14-17)21-12-19(25)6-4-16(21)2/h3-6,11-12,17H,7-10,13-14H2,1-2H3,(H,27,31). The highest BCUT2D eigenvalue weighted by Crippen LogP contribution is 2.29. The van der Waals surface area contributed by atoms with Gasteiger partial charge in [0.05, 0.1) is 0 Å². The Morgan fingerprint density at radius 2 is 2.06 bits per heavy atom. The summed E-state index contributed by atoms with van der Waals surface area (Å²) in [4.78, 5) is 18.9. The summed E-state index contributed by atoms with van der Waals surface area (Å²) >= 11 is 6.15. The van der Waals surface area contributed by atoms with Crippen molar-refractivity contribution >= 4 is 23.2 Å². The van der Waals surface area contributed by atoms with Gasteiger partial charge in [0.25, 0.3) is 0 Å². The Morgan fingerprint density at radius 3 is 2.88 bits per heavy atom. The molecule has 168 valence electrons. The van der Waals surface area contributed by atoms with Crippen molar-refractivity contribution in [3.63, 3.8) is 0 Å². The number of carbonyl (C=O) groups is 1. The van der Waals surface area contributed by atoms with Crippen LogP contribution in [-0.2, 0) is 11.2 Å². The normalized spacial score (nSPS) is 15.9. The largest absolute Gasteiger partial charge is 0.371 e. The summed E-state index contributed by atoms with van der Waals surface area (Å²) in [6, 6.07) is 10.7. The number of nitrogens with zero attached hydrogens (tertiary/aromatic N) is 3. The van der Waals surface area contributed by atoms with Gasteiger partial charge in [0, 0.05) is 48.7 Å². The molecule has 4 rings (SSSR count). The van der Waals surface area contributed by atoms with Gasteiger partial charge in [-0.1, -0.05) is 35.0 Å². The number of hydrogen-bond donors (Lipinski definition) is 1. The Kier molecular flexibility index (Phi) is 6.74. The predicted molar refractivity (Wildman–Crippen MR) is 122 cm³/mol. The van der Waals surface area contributed by atoms with E-state index in [4.69, 9.17) is 16.1 Å². The molecule has 0 bridgehead atoms. The van der Waals surface area contributed by atoms with E-state index in [0.717, 1.165) is 30.2 Å². The minimum Gasteiger partial charge on any atom is -0.371 e. The molecule has 1 amide bonds. The first-order chi connectivity index (χ1) is 15.4. The van der Waals surface area contributed by atoms with E-state index < -0.39 is 0 Å². The molecule has 1 aliphatic heterocycles. The third-order valence-corrected chi connectivity index (χ3v) is 6.08. The van der Waals surface area contributed by atoms with E-state index in [1.54, 1.807) is 19.1 Å².